The van der Waals surface area contributed by atoms with Crippen LogP contribution < -0.4 is 0 Å². The van der Waals surface area contributed by atoms with E-state index in [0.717, 1.165) is 0 Å². The number of rotatable bonds is 3. The summed E-state index contributed by atoms with van der Waals surface area (Å²) in [6, 6.07) is 0. The van der Waals surface area contributed by atoms with Crippen LogP contribution >= 0.6 is 7.14 Å². The van der Waals surface area contributed by atoms with E-state index < -0.39 is 12.5 Å². The maximum absolute atomic E-state index is 12.1. The molecule has 0 fully saturated rings. The molecule has 0 spiro atoms. The molecule has 11 heavy (non-hydrogen) atoms. The first-order valence-electron chi connectivity index (χ1n) is 4.07. The van der Waals surface area contributed by atoms with Crippen LogP contribution in [-0.4, -0.2) is 22.3 Å². The molecular formula is C8H19O2P. The third kappa shape index (κ3) is 2.07. The highest BCUT2D eigenvalue weighted by Gasteiger charge is 2.39. The fraction of sp³-hybridized carbons (Fsp3) is 1.00. The molecule has 0 bridgehead atoms. The lowest BCUT2D eigenvalue weighted by Gasteiger charge is -2.32. The Labute approximate surface area is 69.4 Å². The molecule has 0 aromatic rings. The SMILES string of the molecule is CCP(=O)(C(C)C)C(C)(C)O. The molecule has 0 rings (SSSR count). The Bertz CT molecular complexity index is 167. The van der Waals surface area contributed by atoms with E-state index in [-0.39, 0.29) is 5.66 Å². The van der Waals surface area contributed by atoms with Gasteiger partial charge in [0.2, 0.25) is 0 Å². The third-order valence-electron chi connectivity index (χ3n) is 2.23. The first-order chi connectivity index (χ1) is 4.75. The van der Waals surface area contributed by atoms with Gasteiger partial charge in [-0.3, -0.25) is 0 Å². The summed E-state index contributed by atoms with van der Waals surface area (Å²) in [5.41, 5.74) is 0.0764. The molecule has 0 heterocycles. The van der Waals surface area contributed by atoms with Crippen LogP contribution in [0.3, 0.4) is 0 Å². The Balaban J connectivity index is 4.77. The van der Waals surface area contributed by atoms with Gasteiger partial charge in [-0.2, -0.15) is 0 Å². The number of aliphatic hydroxyl groups is 1. The average molecular weight is 178 g/mol. The van der Waals surface area contributed by atoms with Crippen LogP contribution in [0.2, 0.25) is 0 Å². The lowest BCUT2D eigenvalue weighted by atomic mass is 10.5. The zero-order valence-electron chi connectivity index (χ0n) is 8.09. The maximum Gasteiger partial charge on any atom is 0.119 e. The van der Waals surface area contributed by atoms with Crippen LogP contribution in [-0.2, 0) is 4.57 Å². The van der Waals surface area contributed by atoms with Crippen molar-refractivity contribution >= 4 is 7.14 Å². The van der Waals surface area contributed by atoms with Crippen LogP contribution in [0.4, 0.5) is 0 Å². The minimum absolute atomic E-state index is 0.0764. The molecule has 1 unspecified atom stereocenters. The summed E-state index contributed by atoms with van der Waals surface area (Å²) < 4.78 is 12.1. The largest absolute Gasteiger partial charge is 0.383 e. The minimum Gasteiger partial charge on any atom is -0.383 e. The van der Waals surface area contributed by atoms with Gasteiger partial charge in [-0.15, -0.1) is 0 Å². The molecule has 0 radical (unpaired) electrons. The first kappa shape index (κ1) is 11.2. The third-order valence-corrected chi connectivity index (χ3v) is 6.69. The molecule has 1 atom stereocenters. The van der Waals surface area contributed by atoms with Crippen LogP contribution in [0.15, 0.2) is 0 Å². The highest BCUT2D eigenvalue weighted by atomic mass is 31.2. The van der Waals surface area contributed by atoms with Crippen molar-refractivity contribution in [1.82, 2.24) is 0 Å². The Morgan fingerprint density at radius 2 is 1.82 bits per heavy atom. The lowest BCUT2D eigenvalue weighted by Crippen LogP contribution is -2.25. The Morgan fingerprint density at radius 3 is 1.82 bits per heavy atom. The molecular weight excluding hydrogens is 159 g/mol. The quantitative estimate of drug-likeness (QED) is 0.674. The van der Waals surface area contributed by atoms with Crippen molar-refractivity contribution in [1.29, 1.82) is 0 Å². The summed E-state index contributed by atoms with van der Waals surface area (Å²) in [5, 5.41) is 8.63. The highest BCUT2D eigenvalue weighted by Crippen LogP contribution is 2.59. The normalized spacial score (nSPS) is 18.5. The van der Waals surface area contributed by atoms with E-state index in [1.807, 2.05) is 20.8 Å². The van der Waals surface area contributed by atoms with Crippen molar-refractivity contribution < 1.29 is 9.67 Å². The van der Waals surface area contributed by atoms with Gasteiger partial charge in [-0.05, 0) is 13.8 Å². The van der Waals surface area contributed by atoms with Crippen molar-refractivity contribution in [2.24, 2.45) is 0 Å². The van der Waals surface area contributed by atoms with E-state index in [0.29, 0.717) is 6.16 Å². The monoisotopic (exact) mass is 178 g/mol. The van der Waals surface area contributed by atoms with Gasteiger partial charge in [0, 0.05) is 11.8 Å². The van der Waals surface area contributed by atoms with Gasteiger partial charge < -0.3 is 9.67 Å². The molecule has 2 nitrogen and oxygen atoms in total. The predicted molar refractivity (Wildman–Crippen MR) is 49.6 cm³/mol. The van der Waals surface area contributed by atoms with Gasteiger partial charge in [-0.25, -0.2) is 0 Å². The summed E-state index contributed by atoms with van der Waals surface area (Å²) in [7, 11) is -2.40. The average Bonchev–Trinajstić information content (AvgIpc) is 1.83. The molecule has 0 aliphatic heterocycles. The Morgan fingerprint density at radius 1 is 1.45 bits per heavy atom. The molecule has 0 saturated carbocycles. The van der Waals surface area contributed by atoms with E-state index in [9.17, 15) is 9.67 Å². The highest BCUT2D eigenvalue weighted by molar-refractivity contribution is 7.65. The zero-order valence-corrected chi connectivity index (χ0v) is 8.98. The van der Waals surface area contributed by atoms with Gasteiger partial charge in [0.05, 0.1) is 0 Å². The topological polar surface area (TPSA) is 37.3 Å². The summed E-state index contributed by atoms with van der Waals surface area (Å²) in [4.78, 5) is 0. The van der Waals surface area contributed by atoms with E-state index >= 15 is 0 Å². The van der Waals surface area contributed by atoms with E-state index in [4.69, 9.17) is 0 Å². The fourth-order valence-corrected chi connectivity index (χ4v) is 4.15. The van der Waals surface area contributed by atoms with Crippen LogP contribution in [0.25, 0.3) is 0 Å². The van der Waals surface area contributed by atoms with E-state index in [1.165, 1.54) is 0 Å². The molecule has 0 aliphatic carbocycles. The second-order valence-electron chi connectivity index (χ2n) is 3.70. The number of hydrogen-bond donors (Lipinski definition) is 1. The molecule has 0 amide bonds. The van der Waals surface area contributed by atoms with Crippen molar-refractivity contribution in [3.05, 3.63) is 0 Å². The van der Waals surface area contributed by atoms with Gasteiger partial charge in [0.1, 0.15) is 12.5 Å². The smallest absolute Gasteiger partial charge is 0.119 e. The second kappa shape index (κ2) is 3.28. The van der Waals surface area contributed by atoms with Gasteiger partial charge in [-0.1, -0.05) is 20.8 Å². The molecule has 0 aromatic heterocycles. The van der Waals surface area contributed by atoms with Crippen LogP contribution in [0, 0.1) is 0 Å². The Hall–Kier alpha value is 0.190. The van der Waals surface area contributed by atoms with Crippen molar-refractivity contribution in [3.8, 4) is 0 Å². The molecule has 68 valence electrons. The molecule has 0 aromatic carbocycles. The molecule has 1 N–H and O–H groups in total. The van der Waals surface area contributed by atoms with Crippen molar-refractivity contribution in [2.45, 2.75) is 45.6 Å². The van der Waals surface area contributed by atoms with Crippen molar-refractivity contribution in [3.63, 3.8) is 0 Å². The fourth-order valence-electron chi connectivity index (χ4n) is 1.38. The van der Waals surface area contributed by atoms with Crippen LogP contribution in [0.1, 0.15) is 34.6 Å². The lowest BCUT2D eigenvalue weighted by molar-refractivity contribution is 0.161. The van der Waals surface area contributed by atoms with Crippen molar-refractivity contribution in [2.75, 3.05) is 6.16 Å². The summed E-state index contributed by atoms with van der Waals surface area (Å²) in [6.07, 6.45) is 0.578. The molecule has 0 saturated heterocycles. The van der Waals surface area contributed by atoms with Gasteiger partial charge >= 0.3 is 0 Å². The zero-order chi connectivity index (χ0) is 9.28. The first-order valence-corrected chi connectivity index (χ1v) is 6.03. The van der Waals surface area contributed by atoms with E-state index in [1.54, 1.807) is 13.8 Å². The summed E-state index contributed by atoms with van der Waals surface area (Å²) in [5.74, 6) is 0. The van der Waals surface area contributed by atoms with Gasteiger partial charge in [0.25, 0.3) is 0 Å². The second-order valence-corrected chi connectivity index (χ2v) is 8.05. The van der Waals surface area contributed by atoms with Crippen LogP contribution in [0.5, 0.6) is 0 Å². The maximum atomic E-state index is 12.1. The predicted octanol–water partition coefficient (Wildman–Crippen LogP) is 2.51. The standard InChI is InChI=1S/C8H19O2P/c1-6-11(10,7(2)3)8(4,5)9/h7,9H,6H2,1-5H3. The summed E-state index contributed by atoms with van der Waals surface area (Å²) in [6.45, 7) is 8.96. The summed E-state index contributed by atoms with van der Waals surface area (Å²) >= 11 is 0. The van der Waals surface area contributed by atoms with E-state index in [2.05, 4.69) is 0 Å². The molecule has 3 heteroatoms. The van der Waals surface area contributed by atoms with Gasteiger partial charge in [0.15, 0.2) is 0 Å². The molecule has 0 aliphatic rings. The Kier molecular flexibility index (Phi) is 3.34. The number of hydrogen-bond acceptors (Lipinski definition) is 2. The minimum atomic E-state index is -2.40.